The van der Waals surface area contributed by atoms with Crippen LogP contribution in [0.15, 0.2) is 0 Å². The Kier molecular flexibility index (Phi) is 9.53. The standard InChI is InChI=1S/C19H37NO3.ClH/c1-13(2)18-7-6-14(3)8-19(18)22-12-17(21)11-20-9-15(4)23-16(5)10-20;/h13-19,21H,6-12H2,1-5H3;1H. The van der Waals surface area contributed by atoms with E-state index >= 15 is 0 Å². The van der Waals surface area contributed by atoms with Gasteiger partial charge in [0.15, 0.2) is 0 Å². The fourth-order valence-corrected chi connectivity index (χ4v) is 4.33. The molecule has 1 aliphatic heterocycles. The number of β-amino-alcohol motifs (C(OH)–C–C–N with tert-alkyl or cyclic N) is 1. The molecule has 1 N–H and O–H groups in total. The average Bonchev–Trinajstić information content (AvgIpc) is 2.43. The second-order valence-electron chi connectivity index (χ2n) is 8.33. The number of aliphatic hydroxyl groups excluding tert-OH is 1. The van der Waals surface area contributed by atoms with Crippen LogP contribution in [-0.2, 0) is 9.47 Å². The highest BCUT2D eigenvalue weighted by Crippen LogP contribution is 2.35. The van der Waals surface area contributed by atoms with E-state index in [0.29, 0.717) is 31.1 Å². The van der Waals surface area contributed by atoms with Crippen molar-refractivity contribution in [1.82, 2.24) is 4.90 Å². The second kappa shape index (κ2) is 10.3. The Bertz CT molecular complexity index is 346. The first-order chi connectivity index (χ1) is 10.8. The van der Waals surface area contributed by atoms with E-state index in [0.717, 1.165) is 25.4 Å². The first-order valence-corrected chi connectivity index (χ1v) is 9.52. The first-order valence-electron chi connectivity index (χ1n) is 9.52. The largest absolute Gasteiger partial charge is 0.389 e. The fraction of sp³-hybridized carbons (Fsp3) is 1.00. The van der Waals surface area contributed by atoms with Crippen molar-refractivity contribution in [2.24, 2.45) is 17.8 Å². The summed E-state index contributed by atoms with van der Waals surface area (Å²) >= 11 is 0. The second-order valence-corrected chi connectivity index (χ2v) is 8.33. The monoisotopic (exact) mass is 363 g/mol. The van der Waals surface area contributed by atoms with Gasteiger partial charge in [-0.25, -0.2) is 0 Å². The van der Waals surface area contributed by atoms with Gasteiger partial charge in [-0.2, -0.15) is 0 Å². The zero-order valence-corrected chi connectivity index (χ0v) is 16.9. The molecule has 24 heavy (non-hydrogen) atoms. The van der Waals surface area contributed by atoms with Crippen LogP contribution in [0.4, 0.5) is 0 Å². The van der Waals surface area contributed by atoms with Gasteiger partial charge in [0.2, 0.25) is 0 Å². The lowest BCUT2D eigenvalue weighted by Crippen LogP contribution is -2.49. The van der Waals surface area contributed by atoms with Gasteiger partial charge in [0.1, 0.15) is 0 Å². The summed E-state index contributed by atoms with van der Waals surface area (Å²) < 4.78 is 11.9. The maximum absolute atomic E-state index is 10.4. The summed E-state index contributed by atoms with van der Waals surface area (Å²) in [5.41, 5.74) is 0. The number of halogens is 1. The Labute approximate surface area is 154 Å². The number of hydrogen-bond acceptors (Lipinski definition) is 4. The van der Waals surface area contributed by atoms with Crippen molar-refractivity contribution in [1.29, 1.82) is 0 Å². The van der Waals surface area contributed by atoms with Crippen LogP contribution in [0.1, 0.15) is 53.9 Å². The van der Waals surface area contributed by atoms with Crippen molar-refractivity contribution in [3.05, 3.63) is 0 Å². The van der Waals surface area contributed by atoms with Gasteiger partial charge in [0.25, 0.3) is 0 Å². The van der Waals surface area contributed by atoms with Gasteiger partial charge >= 0.3 is 0 Å². The van der Waals surface area contributed by atoms with Crippen LogP contribution in [0.5, 0.6) is 0 Å². The lowest BCUT2D eigenvalue weighted by molar-refractivity contribution is -0.0974. The summed E-state index contributed by atoms with van der Waals surface area (Å²) in [6.07, 6.45) is 4.12. The van der Waals surface area contributed by atoms with Gasteiger partial charge in [-0.3, -0.25) is 4.90 Å². The van der Waals surface area contributed by atoms with Gasteiger partial charge in [0.05, 0.1) is 31.0 Å². The van der Waals surface area contributed by atoms with Gasteiger partial charge < -0.3 is 14.6 Å². The van der Waals surface area contributed by atoms with Crippen LogP contribution in [-0.4, -0.2) is 60.7 Å². The molecule has 0 amide bonds. The quantitative estimate of drug-likeness (QED) is 0.785. The fourth-order valence-electron chi connectivity index (χ4n) is 4.33. The molecular formula is C19H38ClNO3. The number of morpholine rings is 1. The molecule has 0 radical (unpaired) electrons. The topological polar surface area (TPSA) is 41.9 Å². The third-order valence-electron chi connectivity index (χ3n) is 5.43. The molecule has 0 spiro atoms. The van der Waals surface area contributed by atoms with E-state index in [9.17, 15) is 5.11 Å². The summed E-state index contributed by atoms with van der Waals surface area (Å²) in [6, 6.07) is 0. The van der Waals surface area contributed by atoms with E-state index in [1.807, 2.05) is 0 Å². The number of nitrogens with zero attached hydrogens (tertiary/aromatic N) is 1. The number of hydrogen-bond donors (Lipinski definition) is 1. The molecule has 1 aliphatic carbocycles. The lowest BCUT2D eigenvalue weighted by atomic mass is 9.75. The van der Waals surface area contributed by atoms with E-state index in [1.54, 1.807) is 0 Å². The zero-order chi connectivity index (χ0) is 17.0. The predicted molar refractivity (Wildman–Crippen MR) is 101 cm³/mol. The van der Waals surface area contributed by atoms with Crippen molar-refractivity contribution in [3.63, 3.8) is 0 Å². The molecule has 1 saturated carbocycles. The van der Waals surface area contributed by atoms with Crippen molar-refractivity contribution >= 4 is 12.4 Å². The smallest absolute Gasteiger partial charge is 0.0900 e. The molecule has 2 aliphatic rings. The Morgan fingerprint density at radius 2 is 1.75 bits per heavy atom. The normalized spacial score (nSPS) is 36.4. The summed E-state index contributed by atoms with van der Waals surface area (Å²) in [5, 5.41) is 10.4. The third-order valence-corrected chi connectivity index (χ3v) is 5.43. The summed E-state index contributed by atoms with van der Waals surface area (Å²) in [7, 11) is 0. The van der Waals surface area contributed by atoms with Crippen molar-refractivity contribution < 1.29 is 14.6 Å². The molecule has 4 nitrogen and oxygen atoms in total. The van der Waals surface area contributed by atoms with Crippen LogP contribution in [0.3, 0.4) is 0 Å². The number of aliphatic hydroxyl groups is 1. The van der Waals surface area contributed by atoms with E-state index in [2.05, 4.69) is 39.5 Å². The molecule has 0 bridgehead atoms. The molecular weight excluding hydrogens is 326 g/mol. The zero-order valence-electron chi connectivity index (χ0n) is 16.1. The van der Waals surface area contributed by atoms with Crippen molar-refractivity contribution in [2.75, 3.05) is 26.2 Å². The van der Waals surface area contributed by atoms with Crippen LogP contribution < -0.4 is 0 Å². The number of rotatable bonds is 6. The molecule has 1 saturated heterocycles. The van der Waals surface area contributed by atoms with Gasteiger partial charge in [-0.1, -0.05) is 27.2 Å². The summed E-state index contributed by atoms with van der Waals surface area (Å²) in [6.45, 7) is 14.1. The van der Waals surface area contributed by atoms with Crippen LogP contribution >= 0.6 is 12.4 Å². The molecule has 0 aromatic rings. The Balaban J connectivity index is 0.00000288. The van der Waals surface area contributed by atoms with Gasteiger partial charge in [0, 0.05) is 19.6 Å². The predicted octanol–water partition coefficient (Wildman–Crippen LogP) is 3.36. The van der Waals surface area contributed by atoms with Crippen LogP contribution in [0.2, 0.25) is 0 Å². The molecule has 1 heterocycles. The Morgan fingerprint density at radius 3 is 2.33 bits per heavy atom. The molecule has 0 aromatic heterocycles. The molecule has 0 aromatic carbocycles. The third kappa shape index (κ3) is 6.80. The lowest BCUT2D eigenvalue weighted by Gasteiger charge is -2.38. The van der Waals surface area contributed by atoms with Crippen molar-refractivity contribution in [3.8, 4) is 0 Å². The van der Waals surface area contributed by atoms with E-state index in [1.165, 1.54) is 12.8 Å². The molecule has 5 heteroatoms. The maximum Gasteiger partial charge on any atom is 0.0900 e. The van der Waals surface area contributed by atoms with Gasteiger partial charge in [-0.15, -0.1) is 12.4 Å². The van der Waals surface area contributed by atoms with Crippen molar-refractivity contribution in [2.45, 2.75) is 78.3 Å². The molecule has 6 atom stereocenters. The minimum Gasteiger partial charge on any atom is -0.389 e. The molecule has 2 fully saturated rings. The minimum absolute atomic E-state index is 0. The molecule has 144 valence electrons. The average molecular weight is 364 g/mol. The maximum atomic E-state index is 10.4. The summed E-state index contributed by atoms with van der Waals surface area (Å²) in [5.74, 6) is 2.04. The highest BCUT2D eigenvalue weighted by molar-refractivity contribution is 5.85. The highest BCUT2D eigenvalue weighted by atomic mass is 35.5. The Hall–Kier alpha value is 0.130. The van der Waals surface area contributed by atoms with Gasteiger partial charge in [-0.05, 0) is 44.4 Å². The van der Waals surface area contributed by atoms with Crippen LogP contribution in [0.25, 0.3) is 0 Å². The van der Waals surface area contributed by atoms with E-state index in [4.69, 9.17) is 9.47 Å². The molecule has 2 rings (SSSR count). The Morgan fingerprint density at radius 1 is 1.12 bits per heavy atom. The van der Waals surface area contributed by atoms with Crippen LogP contribution in [0, 0.1) is 17.8 Å². The van der Waals surface area contributed by atoms with E-state index in [-0.39, 0.29) is 24.6 Å². The molecule has 6 unspecified atom stereocenters. The SMILES string of the molecule is CC1CCC(C(C)C)C(OCC(O)CN2CC(C)OC(C)C2)C1.Cl. The number of ether oxygens (including phenoxy) is 2. The first kappa shape index (κ1) is 22.2. The van der Waals surface area contributed by atoms with E-state index < -0.39 is 6.10 Å². The highest BCUT2D eigenvalue weighted by Gasteiger charge is 2.32. The minimum atomic E-state index is -0.405. The summed E-state index contributed by atoms with van der Waals surface area (Å²) in [4.78, 5) is 2.30.